The molecule has 4 rings (SSSR count). The monoisotopic (exact) mass is 411 g/mol. The van der Waals surface area contributed by atoms with E-state index in [0.717, 1.165) is 33.7 Å². The predicted molar refractivity (Wildman–Crippen MR) is 106 cm³/mol. The topological polar surface area (TPSA) is 103 Å². The molecule has 0 saturated carbocycles. The van der Waals surface area contributed by atoms with Crippen molar-refractivity contribution in [3.05, 3.63) is 51.7 Å². The number of hydrogen-bond donors (Lipinski definition) is 2. The number of benzene rings is 1. The third kappa shape index (κ3) is 3.59. The molecule has 0 radical (unpaired) electrons. The number of aliphatic hydroxyl groups excluding tert-OH is 1. The quantitative estimate of drug-likeness (QED) is 0.711. The van der Waals surface area contributed by atoms with Crippen molar-refractivity contribution in [3.63, 3.8) is 0 Å². The summed E-state index contributed by atoms with van der Waals surface area (Å²) in [7, 11) is 0. The Morgan fingerprint density at radius 2 is 2.10 bits per heavy atom. The van der Waals surface area contributed by atoms with Crippen LogP contribution in [-0.4, -0.2) is 41.2 Å². The van der Waals surface area contributed by atoms with Crippen molar-refractivity contribution < 1.29 is 19.4 Å². The third-order valence-corrected chi connectivity index (χ3v) is 6.36. The molecule has 29 heavy (non-hydrogen) atoms. The van der Waals surface area contributed by atoms with Crippen LogP contribution >= 0.6 is 11.3 Å². The predicted octanol–water partition coefficient (Wildman–Crippen LogP) is 2.34. The lowest BCUT2D eigenvalue weighted by Gasteiger charge is -2.31. The van der Waals surface area contributed by atoms with Crippen LogP contribution in [0.4, 0.5) is 4.79 Å². The molecule has 1 aromatic carbocycles. The van der Waals surface area contributed by atoms with E-state index in [4.69, 9.17) is 10.00 Å². The number of carbonyl (C=O) groups excluding carboxylic acids is 2. The summed E-state index contributed by atoms with van der Waals surface area (Å²) in [6, 6.07) is 10.5. The molecule has 1 aliphatic carbocycles. The number of aryl methyl sites for hydroxylation is 1. The molecular weight excluding hydrogens is 390 g/mol. The Morgan fingerprint density at radius 3 is 2.86 bits per heavy atom. The summed E-state index contributed by atoms with van der Waals surface area (Å²) >= 11 is 1.61. The highest BCUT2D eigenvalue weighted by atomic mass is 32.1. The van der Waals surface area contributed by atoms with Crippen molar-refractivity contribution in [2.45, 2.75) is 37.3 Å². The van der Waals surface area contributed by atoms with Gasteiger partial charge in [-0.1, -0.05) is 12.1 Å². The third-order valence-electron chi connectivity index (χ3n) is 5.38. The number of ether oxygens (including phenoxy) is 1. The van der Waals surface area contributed by atoms with Crippen molar-refractivity contribution >= 4 is 23.3 Å². The second kappa shape index (κ2) is 7.85. The molecule has 1 spiro atoms. The van der Waals surface area contributed by atoms with Crippen molar-refractivity contribution in [2.75, 3.05) is 13.2 Å². The standard InChI is InChI=1S/C21H21N3O4S/c22-10-7-14-3-5-16(6-4-14)28-13-15(25)12-24-19(26)21(23-20(24)27)9-1-2-18-17(21)8-11-29-18/h3-6,8,11,15,25H,1-2,7,9,12-13H2,(H,23,27)/t15-,21-/m1/s1. The van der Waals surface area contributed by atoms with Gasteiger partial charge >= 0.3 is 6.03 Å². The molecule has 0 unspecified atom stereocenters. The fourth-order valence-corrected chi connectivity index (χ4v) is 4.96. The molecule has 2 heterocycles. The van der Waals surface area contributed by atoms with Crippen LogP contribution in [0.3, 0.4) is 0 Å². The Bertz CT molecular complexity index is 965. The van der Waals surface area contributed by atoms with E-state index < -0.39 is 17.7 Å². The molecule has 1 fully saturated rings. The maximum atomic E-state index is 13.1. The Labute approximate surface area is 172 Å². The molecule has 8 heteroatoms. The average Bonchev–Trinajstić information content (AvgIpc) is 3.28. The largest absolute Gasteiger partial charge is 0.491 e. The van der Waals surface area contributed by atoms with Gasteiger partial charge in [0.2, 0.25) is 0 Å². The Balaban J connectivity index is 1.39. The molecule has 1 aliphatic heterocycles. The number of aliphatic hydroxyl groups is 1. The number of nitrogens with zero attached hydrogens (tertiary/aromatic N) is 2. The fraction of sp³-hybridized carbons (Fsp3) is 0.381. The number of thiophene rings is 1. The number of fused-ring (bicyclic) bond motifs is 2. The highest BCUT2D eigenvalue weighted by molar-refractivity contribution is 7.10. The highest BCUT2D eigenvalue weighted by Crippen LogP contribution is 2.42. The first kappa shape index (κ1) is 19.4. The first-order valence-corrected chi connectivity index (χ1v) is 10.4. The number of rotatable bonds is 6. The number of amides is 3. The fourth-order valence-electron chi connectivity index (χ4n) is 3.96. The molecule has 0 bridgehead atoms. The van der Waals surface area contributed by atoms with Crippen LogP contribution in [0.25, 0.3) is 0 Å². The lowest BCUT2D eigenvalue weighted by molar-refractivity contribution is -0.133. The molecule has 2 N–H and O–H groups in total. The number of imide groups is 1. The van der Waals surface area contributed by atoms with E-state index in [1.807, 2.05) is 11.4 Å². The zero-order chi connectivity index (χ0) is 20.4. The van der Waals surface area contributed by atoms with Gasteiger partial charge in [0.05, 0.1) is 19.0 Å². The van der Waals surface area contributed by atoms with Crippen molar-refractivity contribution in [1.82, 2.24) is 10.2 Å². The van der Waals surface area contributed by atoms with Crippen LogP contribution in [0.15, 0.2) is 35.7 Å². The number of urea groups is 1. The summed E-state index contributed by atoms with van der Waals surface area (Å²) in [4.78, 5) is 27.9. The van der Waals surface area contributed by atoms with Crippen LogP contribution < -0.4 is 10.1 Å². The molecule has 2 aromatic rings. The maximum Gasteiger partial charge on any atom is 0.325 e. The summed E-state index contributed by atoms with van der Waals surface area (Å²) in [5, 5.41) is 23.9. The van der Waals surface area contributed by atoms with E-state index in [9.17, 15) is 14.7 Å². The van der Waals surface area contributed by atoms with Gasteiger partial charge in [-0.3, -0.25) is 9.69 Å². The number of nitrogens with one attached hydrogen (secondary N) is 1. The van der Waals surface area contributed by atoms with Gasteiger partial charge in [-0.25, -0.2) is 4.79 Å². The summed E-state index contributed by atoms with van der Waals surface area (Å²) in [5.41, 5.74) is 0.769. The number of carbonyl (C=O) groups is 2. The minimum atomic E-state index is -1.01. The average molecular weight is 411 g/mol. The Morgan fingerprint density at radius 1 is 1.31 bits per heavy atom. The van der Waals surface area contributed by atoms with Gasteiger partial charge in [-0.05, 0) is 48.4 Å². The number of nitriles is 1. The molecule has 3 amide bonds. The number of β-amino-alcohol motifs (C(OH)–C–C–N with tert-alkyl or cyclic N) is 1. The van der Waals surface area contributed by atoms with E-state index in [1.54, 1.807) is 35.6 Å². The molecule has 2 aliphatic rings. The van der Waals surface area contributed by atoms with Gasteiger partial charge in [0.15, 0.2) is 0 Å². The molecule has 150 valence electrons. The van der Waals surface area contributed by atoms with E-state index in [1.165, 1.54) is 0 Å². The van der Waals surface area contributed by atoms with E-state index in [-0.39, 0.29) is 19.1 Å². The van der Waals surface area contributed by atoms with Gasteiger partial charge in [-0.2, -0.15) is 5.26 Å². The Kier molecular flexibility index (Phi) is 5.26. The van der Waals surface area contributed by atoms with Crippen LogP contribution in [-0.2, 0) is 23.2 Å². The smallest absolute Gasteiger partial charge is 0.325 e. The van der Waals surface area contributed by atoms with Crippen molar-refractivity contribution in [2.24, 2.45) is 0 Å². The molecular formula is C21H21N3O4S. The lowest BCUT2D eigenvalue weighted by atomic mass is 9.80. The van der Waals surface area contributed by atoms with Crippen LogP contribution in [0, 0.1) is 11.3 Å². The van der Waals surface area contributed by atoms with E-state index in [2.05, 4.69) is 11.4 Å². The van der Waals surface area contributed by atoms with Crippen molar-refractivity contribution in [1.29, 1.82) is 5.26 Å². The maximum absolute atomic E-state index is 13.1. The van der Waals surface area contributed by atoms with Gasteiger partial charge in [0.1, 0.15) is 24.0 Å². The van der Waals surface area contributed by atoms with E-state index >= 15 is 0 Å². The van der Waals surface area contributed by atoms with Crippen molar-refractivity contribution in [3.8, 4) is 11.8 Å². The molecule has 1 saturated heterocycles. The minimum absolute atomic E-state index is 0.0502. The molecule has 1 aromatic heterocycles. The second-order valence-electron chi connectivity index (χ2n) is 7.31. The zero-order valence-corrected chi connectivity index (χ0v) is 16.6. The summed E-state index contributed by atoms with van der Waals surface area (Å²) < 4.78 is 5.56. The van der Waals surface area contributed by atoms with Crippen LogP contribution in [0.1, 0.15) is 28.8 Å². The molecule has 7 nitrogen and oxygen atoms in total. The Hall–Kier alpha value is -2.89. The highest BCUT2D eigenvalue weighted by Gasteiger charge is 2.54. The van der Waals surface area contributed by atoms with Crippen LogP contribution in [0.2, 0.25) is 0 Å². The van der Waals surface area contributed by atoms with Crippen LogP contribution in [0.5, 0.6) is 5.75 Å². The summed E-state index contributed by atoms with van der Waals surface area (Å²) in [6.07, 6.45) is 1.63. The van der Waals surface area contributed by atoms with Gasteiger partial charge in [0.25, 0.3) is 5.91 Å². The lowest BCUT2D eigenvalue weighted by Crippen LogP contribution is -2.46. The first-order chi connectivity index (χ1) is 14.0. The second-order valence-corrected chi connectivity index (χ2v) is 8.31. The van der Waals surface area contributed by atoms with Gasteiger partial charge in [-0.15, -0.1) is 11.3 Å². The number of hydrogen-bond acceptors (Lipinski definition) is 6. The minimum Gasteiger partial charge on any atom is -0.491 e. The first-order valence-electron chi connectivity index (χ1n) is 9.51. The van der Waals surface area contributed by atoms with E-state index in [0.29, 0.717) is 18.6 Å². The normalized spacial score (nSPS) is 21.6. The summed E-state index contributed by atoms with van der Waals surface area (Å²) in [5.74, 6) is 0.247. The summed E-state index contributed by atoms with van der Waals surface area (Å²) in [6.45, 7) is -0.177. The zero-order valence-electron chi connectivity index (χ0n) is 15.8. The van der Waals surface area contributed by atoms with Gasteiger partial charge < -0.3 is 15.2 Å². The van der Waals surface area contributed by atoms with Gasteiger partial charge in [0, 0.05) is 10.4 Å². The SMILES string of the molecule is N#CCc1ccc(OC[C@H](O)CN2C(=O)N[C@@]3(CCCc4sccc43)C2=O)cc1. The molecule has 2 atom stereocenters.